The number of nitrogens with zero attached hydrogens (tertiary/aromatic N) is 2. The zero-order chi connectivity index (χ0) is 22.5. The lowest BCUT2D eigenvalue weighted by atomic mass is 10.2. The number of carbonyl (C=O) groups excluding carboxylic acids is 2. The minimum Gasteiger partial charge on any atom is -0.494 e. The maximum Gasteiger partial charge on any atom is 0.338 e. The highest BCUT2D eigenvalue weighted by Crippen LogP contribution is 2.17. The Morgan fingerprint density at radius 1 is 1.13 bits per heavy atom. The first-order chi connectivity index (χ1) is 14.8. The second kappa shape index (κ2) is 9.42. The molecule has 1 heterocycles. The summed E-state index contributed by atoms with van der Waals surface area (Å²) in [6, 6.07) is 11.7. The Labute approximate surface area is 179 Å². The second-order valence-corrected chi connectivity index (χ2v) is 6.94. The molecule has 8 nitrogen and oxygen atoms in total. The van der Waals surface area contributed by atoms with Crippen LogP contribution < -0.4 is 15.6 Å². The smallest absolute Gasteiger partial charge is 0.338 e. The zero-order valence-electron chi connectivity index (χ0n) is 18.0. The molecule has 31 heavy (non-hydrogen) atoms. The number of rotatable bonds is 7. The third kappa shape index (κ3) is 4.91. The number of carbonyl (C=O) groups is 2. The van der Waals surface area contributed by atoms with Gasteiger partial charge < -0.3 is 19.4 Å². The quantitative estimate of drug-likeness (QED) is 0.586. The van der Waals surface area contributed by atoms with Gasteiger partial charge >= 0.3 is 5.97 Å². The number of ether oxygens (including phenoxy) is 2. The van der Waals surface area contributed by atoms with E-state index in [1.54, 1.807) is 54.0 Å². The van der Waals surface area contributed by atoms with Crippen LogP contribution in [0.25, 0.3) is 11.0 Å². The van der Waals surface area contributed by atoms with Gasteiger partial charge in [0.2, 0.25) is 0 Å². The highest BCUT2D eigenvalue weighted by atomic mass is 16.5. The van der Waals surface area contributed by atoms with Crippen molar-refractivity contribution >= 4 is 28.6 Å². The van der Waals surface area contributed by atoms with Gasteiger partial charge in [0.25, 0.3) is 11.5 Å². The van der Waals surface area contributed by atoms with E-state index in [9.17, 15) is 14.4 Å². The SMILES string of the molecule is CCOc1ccc(NC(=O)[C@H](C)OC(=O)c2ccc3c(c2)nc(C)c(=O)n3CC)cc1. The van der Waals surface area contributed by atoms with Gasteiger partial charge in [-0.25, -0.2) is 9.78 Å². The van der Waals surface area contributed by atoms with Gasteiger partial charge in [-0.05, 0) is 70.2 Å². The maximum atomic E-state index is 12.6. The van der Waals surface area contributed by atoms with E-state index in [0.29, 0.717) is 41.3 Å². The summed E-state index contributed by atoms with van der Waals surface area (Å²) >= 11 is 0. The van der Waals surface area contributed by atoms with Crippen LogP contribution in [0, 0.1) is 6.92 Å². The number of aromatic nitrogens is 2. The van der Waals surface area contributed by atoms with Gasteiger partial charge in [0.1, 0.15) is 11.4 Å². The highest BCUT2D eigenvalue weighted by molar-refractivity contribution is 5.98. The minimum atomic E-state index is -1.01. The van der Waals surface area contributed by atoms with Gasteiger partial charge in [0, 0.05) is 12.2 Å². The molecular weight excluding hydrogens is 398 g/mol. The molecule has 1 N–H and O–H groups in total. The lowest BCUT2D eigenvalue weighted by Crippen LogP contribution is -2.30. The predicted octanol–water partition coefficient (Wildman–Crippen LogP) is 3.31. The normalized spacial score (nSPS) is 11.7. The molecule has 162 valence electrons. The van der Waals surface area contributed by atoms with Gasteiger partial charge in [0.15, 0.2) is 6.10 Å². The first-order valence-electron chi connectivity index (χ1n) is 10.1. The fraction of sp³-hybridized carbons (Fsp3) is 0.304. The molecule has 3 rings (SSSR count). The lowest BCUT2D eigenvalue weighted by molar-refractivity contribution is -0.123. The molecule has 0 radical (unpaired) electrons. The molecule has 8 heteroatoms. The number of esters is 1. The Hall–Kier alpha value is -3.68. The standard InChI is InChI=1S/C23H25N3O5/c1-5-26-20-12-7-16(13-19(20)24-14(3)22(26)28)23(29)31-15(4)21(27)25-17-8-10-18(11-9-17)30-6-2/h7-13,15H,5-6H2,1-4H3,(H,25,27)/t15-/m0/s1. The van der Waals surface area contributed by atoms with Crippen LogP contribution in [0.1, 0.15) is 36.8 Å². The monoisotopic (exact) mass is 423 g/mol. The maximum absolute atomic E-state index is 12.6. The van der Waals surface area contributed by atoms with Crippen LogP contribution in [0.5, 0.6) is 5.75 Å². The molecule has 0 bridgehead atoms. The Bertz CT molecular complexity index is 1170. The van der Waals surface area contributed by atoms with Crippen molar-refractivity contribution in [1.82, 2.24) is 9.55 Å². The molecule has 0 aliphatic rings. The van der Waals surface area contributed by atoms with Crippen LogP contribution in [0.4, 0.5) is 5.69 Å². The molecular formula is C23H25N3O5. The third-order valence-corrected chi connectivity index (χ3v) is 4.75. The first kappa shape index (κ1) is 22.0. The zero-order valence-corrected chi connectivity index (χ0v) is 18.0. The van der Waals surface area contributed by atoms with Crippen molar-refractivity contribution in [2.75, 3.05) is 11.9 Å². The molecule has 0 aliphatic heterocycles. The third-order valence-electron chi connectivity index (χ3n) is 4.75. The summed E-state index contributed by atoms with van der Waals surface area (Å²) in [5, 5.41) is 2.70. The summed E-state index contributed by atoms with van der Waals surface area (Å²) in [7, 11) is 0. The van der Waals surface area contributed by atoms with E-state index in [-0.39, 0.29) is 11.1 Å². The van der Waals surface area contributed by atoms with Gasteiger partial charge in [0.05, 0.1) is 23.2 Å². The van der Waals surface area contributed by atoms with E-state index in [1.165, 1.54) is 6.92 Å². The lowest BCUT2D eigenvalue weighted by Gasteiger charge is -2.14. The fourth-order valence-corrected chi connectivity index (χ4v) is 3.14. The Morgan fingerprint density at radius 3 is 2.48 bits per heavy atom. The summed E-state index contributed by atoms with van der Waals surface area (Å²) in [6.07, 6.45) is -1.01. The van der Waals surface area contributed by atoms with Crippen LogP contribution in [-0.4, -0.2) is 34.1 Å². The topological polar surface area (TPSA) is 99.5 Å². The summed E-state index contributed by atoms with van der Waals surface area (Å²) in [5.74, 6) is -0.398. The van der Waals surface area contributed by atoms with E-state index in [2.05, 4.69) is 10.3 Å². The summed E-state index contributed by atoms with van der Waals surface area (Å²) in [4.78, 5) is 41.5. The molecule has 0 fully saturated rings. The molecule has 0 saturated carbocycles. The number of benzene rings is 2. The number of hydrogen-bond acceptors (Lipinski definition) is 6. The number of nitrogens with one attached hydrogen (secondary N) is 1. The Balaban J connectivity index is 1.71. The number of fused-ring (bicyclic) bond motifs is 1. The van der Waals surface area contributed by atoms with E-state index < -0.39 is 18.0 Å². The van der Waals surface area contributed by atoms with E-state index in [4.69, 9.17) is 9.47 Å². The van der Waals surface area contributed by atoms with Crippen LogP contribution in [0.2, 0.25) is 0 Å². The largest absolute Gasteiger partial charge is 0.494 e. The molecule has 0 saturated heterocycles. The molecule has 3 aromatic rings. The van der Waals surface area contributed by atoms with Gasteiger partial charge in [-0.3, -0.25) is 9.59 Å². The number of anilines is 1. The van der Waals surface area contributed by atoms with E-state index in [1.807, 2.05) is 13.8 Å². The molecule has 2 aromatic carbocycles. The van der Waals surface area contributed by atoms with Crippen molar-refractivity contribution in [3.8, 4) is 5.75 Å². The average molecular weight is 423 g/mol. The number of aryl methyl sites for hydroxylation is 2. The molecule has 0 spiro atoms. The van der Waals surface area contributed by atoms with Crippen molar-refractivity contribution in [1.29, 1.82) is 0 Å². The van der Waals surface area contributed by atoms with Gasteiger partial charge in [-0.1, -0.05) is 0 Å². The average Bonchev–Trinajstić information content (AvgIpc) is 2.75. The Morgan fingerprint density at radius 2 is 1.84 bits per heavy atom. The highest BCUT2D eigenvalue weighted by Gasteiger charge is 2.20. The molecule has 1 atom stereocenters. The van der Waals surface area contributed by atoms with Crippen LogP contribution >= 0.6 is 0 Å². The van der Waals surface area contributed by atoms with Crippen molar-refractivity contribution in [2.45, 2.75) is 40.3 Å². The van der Waals surface area contributed by atoms with Crippen molar-refractivity contribution in [2.24, 2.45) is 0 Å². The van der Waals surface area contributed by atoms with Crippen molar-refractivity contribution in [3.63, 3.8) is 0 Å². The summed E-state index contributed by atoms with van der Waals surface area (Å²) < 4.78 is 12.3. The molecule has 1 amide bonds. The molecule has 0 unspecified atom stereocenters. The predicted molar refractivity (Wildman–Crippen MR) is 118 cm³/mol. The van der Waals surface area contributed by atoms with Crippen LogP contribution in [-0.2, 0) is 16.1 Å². The summed E-state index contributed by atoms with van der Waals surface area (Å²) in [5.41, 5.74) is 2.16. The second-order valence-electron chi connectivity index (χ2n) is 6.94. The van der Waals surface area contributed by atoms with E-state index >= 15 is 0 Å². The number of amides is 1. The first-order valence-corrected chi connectivity index (χ1v) is 10.1. The summed E-state index contributed by atoms with van der Waals surface area (Å²) in [6.45, 7) is 7.94. The van der Waals surface area contributed by atoms with Crippen LogP contribution in [0.15, 0.2) is 47.3 Å². The van der Waals surface area contributed by atoms with Crippen molar-refractivity contribution < 1.29 is 19.1 Å². The minimum absolute atomic E-state index is 0.162. The van der Waals surface area contributed by atoms with Crippen LogP contribution in [0.3, 0.4) is 0 Å². The molecule has 1 aromatic heterocycles. The van der Waals surface area contributed by atoms with Gasteiger partial charge in [-0.15, -0.1) is 0 Å². The Kier molecular flexibility index (Phi) is 6.69. The fourth-order valence-electron chi connectivity index (χ4n) is 3.14. The van der Waals surface area contributed by atoms with Crippen molar-refractivity contribution in [3.05, 3.63) is 64.1 Å². The van der Waals surface area contributed by atoms with E-state index in [0.717, 1.165) is 0 Å². The number of hydrogen-bond donors (Lipinski definition) is 1. The van der Waals surface area contributed by atoms with Gasteiger partial charge in [-0.2, -0.15) is 0 Å². The molecule has 0 aliphatic carbocycles.